The highest BCUT2D eigenvalue weighted by atomic mass is 16.6. The summed E-state index contributed by atoms with van der Waals surface area (Å²) in [4.78, 5) is 33.4. The Kier molecular flexibility index (Phi) is 10.2. The number of cyclic esters (lactones) is 2. The lowest BCUT2D eigenvalue weighted by Crippen LogP contribution is -2.21. The first-order chi connectivity index (χ1) is 12.9. The van der Waals surface area contributed by atoms with E-state index in [4.69, 9.17) is 9.47 Å². The molecule has 1 aromatic rings. The Morgan fingerprint density at radius 1 is 1.19 bits per heavy atom. The SMILES string of the molecule is C=C(C)C(=O)OC.O=C1CCCC(C=Cc2ccccc2)C(=O)OCCO1. The summed E-state index contributed by atoms with van der Waals surface area (Å²) in [5.41, 5.74) is 1.47. The summed E-state index contributed by atoms with van der Waals surface area (Å²) in [6.45, 7) is 5.22. The lowest BCUT2D eigenvalue weighted by atomic mass is 10.00. The van der Waals surface area contributed by atoms with E-state index in [9.17, 15) is 14.4 Å². The summed E-state index contributed by atoms with van der Waals surface area (Å²) in [7, 11) is 1.33. The highest BCUT2D eigenvalue weighted by molar-refractivity contribution is 5.86. The highest BCUT2D eigenvalue weighted by Crippen LogP contribution is 2.16. The molecule has 0 bridgehead atoms. The molecule has 0 aliphatic carbocycles. The maximum atomic E-state index is 11.9. The molecule has 27 heavy (non-hydrogen) atoms. The largest absolute Gasteiger partial charge is 0.466 e. The van der Waals surface area contributed by atoms with Crippen LogP contribution in [0.3, 0.4) is 0 Å². The Labute approximate surface area is 159 Å². The van der Waals surface area contributed by atoms with Crippen molar-refractivity contribution in [2.24, 2.45) is 5.92 Å². The van der Waals surface area contributed by atoms with E-state index >= 15 is 0 Å². The van der Waals surface area contributed by atoms with Crippen molar-refractivity contribution < 1.29 is 28.6 Å². The molecule has 146 valence electrons. The molecule has 0 aromatic heterocycles. The third-order valence-electron chi connectivity index (χ3n) is 3.64. The zero-order chi connectivity index (χ0) is 20.1. The number of carbonyl (C=O) groups excluding carboxylic acids is 3. The number of benzene rings is 1. The molecular weight excluding hydrogens is 348 g/mol. The van der Waals surface area contributed by atoms with Gasteiger partial charge in [0.1, 0.15) is 13.2 Å². The zero-order valence-corrected chi connectivity index (χ0v) is 15.8. The quantitative estimate of drug-likeness (QED) is 0.459. The van der Waals surface area contributed by atoms with Crippen LogP contribution in [-0.4, -0.2) is 38.2 Å². The van der Waals surface area contributed by atoms with E-state index in [2.05, 4.69) is 11.3 Å². The summed E-state index contributed by atoms with van der Waals surface area (Å²) in [6.07, 6.45) is 5.33. The minimum absolute atomic E-state index is 0.125. The van der Waals surface area contributed by atoms with Crippen LogP contribution in [0.2, 0.25) is 0 Å². The number of methoxy groups -OCH3 is 1. The molecule has 1 unspecified atom stereocenters. The van der Waals surface area contributed by atoms with Gasteiger partial charge in [0, 0.05) is 12.0 Å². The molecule has 2 rings (SSSR count). The van der Waals surface area contributed by atoms with Gasteiger partial charge in [-0.15, -0.1) is 0 Å². The maximum absolute atomic E-state index is 11.9. The van der Waals surface area contributed by atoms with Crippen LogP contribution in [0.1, 0.15) is 31.7 Å². The summed E-state index contributed by atoms with van der Waals surface area (Å²) in [5.74, 6) is -1.13. The second kappa shape index (κ2) is 12.5. The fourth-order valence-corrected chi connectivity index (χ4v) is 2.20. The third-order valence-corrected chi connectivity index (χ3v) is 3.64. The first-order valence-electron chi connectivity index (χ1n) is 8.73. The molecule has 0 saturated carbocycles. The van der Waals surface area contributed by atoms with Crippen LogP contribution in [0.15, 0.2) is 48.6 Å². The topological polar surface area (TPSA) is 78.9 Å². The lowest BCUT2D eigenvalue weighted by molar-refractivity contribution is -0.155. The van der Waals surface area contributed by atoms with Crippen molar-refractivity contribution in [3.63, 3.8) is 0 Å². The maximum Gasteiger partial charge on any atom is 0.332 e. The molecule has 6 heteroatoms. The molecule has 0 amide bonds. The van der Waals surface area contributed by atoms with Gasteiger partial charge in [0.05, 0.1) is 13.0 Å². The molecular formula is C21H26O6. The lowest BCUT2D eigenvalue weighted by Gasteiger charge is -2.15. The van der Waals surface area contributed by atoms with E-state index in [1.54, 1.807) is 6.92 Å². The number of carbonyl (C=O) groups is 3. The summed E-state index contributed by atoms with van der Waals surface area (Å²) < 4.78 is 14.3. The molecule has 1 fully saturated rings. The van der Waals surface area contributed by atoms with Crippen molar-refractivity contribution in [2.75, 3.05) is 20.3 Å². The molecule has 1 saturated heterocycles. The number of hydrogen-bond donors (Lipinski definition) is 0. The van der Waals surface area contributed by atoms with E-state index in [-0.39, 0.29) is 37.0 Å². The van der Waals surface area contributed by atoms with Gasteiger partial charge in [-0.1, -0.05) is 49.1 Å². The molecule has 1 aliphatic heterocycles. The van der Waals surface area contributed by atoms with Gasteiger partial charge >= 0.3 is 17.9 Å². The van der Waals surface area contributed by atoms with Crippen LogP contribution in [0, 0.1) is 5.92 Å². The van der Waals surface area contributed by atoms with E-state index in [1.807, 2.05) is 42.5 Å². The smallest absolute Gasteiger partial charge is 0.332 e. The van der Waals surface area contributed by atoms with Gasteiger partial charge in [0.15, 0.2) is 0 Å². The van der Waals surface area contributed by atoms with Gasteiger partial charge in [0.25, 0.3) is 0 Å². The van der Waals surface area contributed by atoms with Gasteiger partial charge in [-0.05, 0) is 25.3 Å². The van der Waals surface area contributed by atoms with Crippen LogP contribution in [0.5, 0.6) is 0 Å². The number of hydrogen-bond acceptors (Lipinski definition) is 6. The number of esters is 3. The van der Waals surface area contributed by atoms with E-state index in [0.717, 1.165) is 5.56 Å². The molecule has 1 aromatic carbocycles. The van der Waals surface area contributed by atoms with Crippen molar-refractivity contribution in [2.45, 2.75) is 26.2 Å². The molecule has 1 atom stereocenters. The van der Waals surface area contributed by atoms with Gasteiger partial charge in [-0.25, -0.2) is 4.79 Å². The first kappa shape index (κ1) is 22.2. The average Bonchev–Trinajstić information content (AvgIpc) is 2.68. The predicted octanol–water partition coefficient (Wildman–Crippen LogP) is 3.32. The van der Waals surface area contributed by atoms with E-state index < -0.39 is 0 Å². The average molecular weight is 374 g/mol. The van der Waals surface area contributed by atoms with Crippen molar-refractivity contribution in [1.29, 1.82) is 0 Å². The van der Waals surface area contributed by atoms with Crippen LogP contribution in [0.25, 0.3) is 6.08 Å². The molecule has 0 spiro atoms. The molecule has 1 aliphatic rings. The minimum Gasteiger partial charge on any atom is -0.466 e. The van der Waals surface area contributed by atoms with E-state index in [1.165, 1.54) is 7.11 Å². The predicted molar refractivity (Wildman–Crippen MR) is 102 cm³/mol. The van der Waals surface area contributed by atoms with Gasteiger partial charge in [-0.3, -0.25) is 9.59 Å². The third kappa shape index (κ3) is 9.39. The van der Waals surface area contributed by atoms with Gasteiger partial charge < -0.3 is 14.2 Å². The van der Waals surface area contributed by atoms with Crippen LogP contribution in [0.4, 0.5) is 0 Å². The fourth-order valence-electron chi connectivity index (χ4n) is 2.20. The highest BCUT2D eigenvalue weighted by Gasteiger charge is 2.19. The second-order valence-electron chi connectivity index (χ2n) is 5.93. The number of rotatable bonds is 3. The van der Waals surface area contributed by atoms with Gasteiger partial charge in [-0.2, -0.15) is 0 Å². The summed E-state index contributed by atoms with van der Waals surface area (Å²) >= 11 is 0. The minimum atomic E-state index is -0.347. The van der Waals surface area contributed by atoms with E-state index in [0.29, 0.717) is 24.8 Å². The van der Waals surface area contributed by atoms with Crippen LogP contribution < -0.4 is 0 Å². The van der Waals surface area contributed by atoms with Crippen LogP contribution in [-0.2, 0) is 28.6 Å². The van der Waals surface area contributed by atoms with Crippen molar-refractivity contribution in [3.05, 3.63) is 54.1 Å². The summed E-state index contributed by atoms with van der Waals surface area (Å²) in [5, 5.41) is 0. The standard InChI is InChI=1S/C16H18O4.C5H8O2/c17-15-8-4-7-14(16(18)20-12-11-19-15)10-9-13-5-2-1-3-6-13;1-4(2)5(6)7-3/h1-3,5-6,9-10,14H,4,7-8,11-12H2;1H2,2-3H3. The van der Waals surface area contributed by atoms with Gasteiger partial charge in [0.2, 0.25) is 0 Å². The first-order valence-corrected chi connectivity index (χ1v) is 8.73. The Morgan fingerprint density at radius 2 is 1.85 bits per heavy atom. The fraction of sp³-hybridized carbons (Fsp3) is 0.381. The van der Waals surface area contributed by atoms with Crippen LogP contribution >= 0.6 is 0 Å². The molecule has 0 radical (unpaired) electrons. The zero-order valence-electron chi connectivity index (χ0n) is 15.8. The Balaban J connectivity index is 0.000000445. The molecule has 1 heterocycles. The second-order valence-corrected chi connectivity index (χ2v) is 5.93. The Morgan fingerprint density at radius 3 is 2.44 bits per heavy atom. The monoisotopic (exact) mass is 374 g/mol. The van der Waals surface area contributed by atoms with Crippen molar-refractivity contribution in [3.8, 4) is 0 Å². The normalized spacial score (nSPS) is 17.8. The molecule has 6 nitrogen and oxygen atoms in total. The van der Waals surface area contributed by atoms with Crippen molar-refractivity contribution >= 4 is 24.0 Å². The summed E-state index contributed by atoms with van der Waals surface area (Å²) in [6, 6.07) is 9.78. The molecule has 0 N–H and O–H groups in total. The Bertz CT molecular complexity index is 663. The Hall–Kier alpha value is -2.89. The van der Waals surface area contributed by atoms with Crippen molar-refractivity contribution in [1.82, 2.24) is 0 Å². The number of ether oxygens (including phenoxy) is 3.